The van der Waals surface area contributed by atoms with Crippen molar-refractivity contribution in [3.8, 4) is 0 Å². The van der Waals surface area contributed by atoms with Gasteiger partial charge in [-0.2, -0.15) is 0 Å². The van der Waals surface area contributed by atoms with Crippen LogP contribution in [0.1, 0.15) is 46.5 Å². The second-order valence-corrected chi connectivity index (χ2v) is 8.65. The van der Waals surface area contributed by atoms with Crippen LogP contribution in [-0.4, -0.2) is 28.5 Å². The van der Waals surface area contributed by atoms with Gasteiger partial charge in [0.15, 0.2) is 0 Å². The minimum atomic E-state index is -2.20. The maximum atomic E-state index is 5.75. The molecule has 90 valence electrons. The van der Waals surface area contributed by atoms with E-state index in [1.54, 1.807) is 14.2 Å². The summed E-state index contributed by atoms with van der Waals surface area (Å²) in [6.45, 7) is 6.51. The Morgan fingerprint density at radius 2 is 1.53 bits per heavy atom. The van der Waals surface area contributed by atoms with Crippen molar-refractivity contribution >= 4 is 8.72 Å². The van der Waals surface area contributed by atoms with Crippen LogP contribution in [0.25, 0.3) is 0 Å². The highest BCUT2D eigenvalue weighted by Gasteiger charge is 2.48. The maximum absolute atomic E-state index is 5.75. The summed E-state index contributed by atoms with van der Waals surface area (Å²) in [4.78, 5) is 3.61. The minimum Gasteiger partial charge on any atom is -0.386 e. The molecule has 4 heteroatoms. The Morgan fingerprint density at radius 3 is 1.87 bits per heavy atom. The average Bonchev–Trinajstić information content (AvgIpc) is 2.66. The first-order valence-electron chi connectivity index (χ1n) is 5.83. The third-order valence-corrected chi connectivity index (χ3v) is 7.01. The van der Waals surface area contributed by atoms with Crippen LogP contribution < -0.4 is 4.98 Å². The first kappa shape index (κ1) is 13.2. The Bertz CT molecular complexity index is 193. The molecule has 0 amide bonds. The quantitative estimate of drug-likeness (QED) is 0.754. The highest BCUT2D eigenvalue weighted by Crippen LogP contribution is 2.38. The first-order valence-corrected chi connectivity index (χ1v) is 7.72. The van der Waals surface area contributed by atoms with Gasteiger partial charge in [0.05, 0.1) is 0 Å². The molecule has 1 N–H and O–H groups in total. The molecule has 0 saturated heterocycles. The van der Waals surface area contributed by atoms with Gasteiger partial charge in [0.25, 0.3) is 0 Å². The summed E-state index contributed by atoms with van der Waals surface area (Å²) in [5.74, 6) is 0. The zero-order valence-electron chi connectivity index (χ0n) is 10.7. The monoisotopic (exact) mass is 231 g/mol. The average molecular weight is 231 g/mol. The molecule has 0 heterocycles. The molecule has 1 rings (SSSR count). The molecule has 1 fully saturated rings. The molecule has 0 radical (unpaired) electrons. The first-order chi connectivity index (χ1) is 6.93. The van der Waals surface area contributed by atoms with Crippen LogP contribution in [-0.2, 0) is 8.85 Å². The van der Waals surface area contributed by atoms with E-state index < -0.39 is 8.72 Å². The van der Waals surface area contributed by atoms with Gasteiger partial charge < -0.3 is 8.85 Å². The van der Waals surface area contributed by atoms with Gasteiger partial charge in [0, 0.05) is 25.3 Å². The highest BCUT2D eigenvalue weighted by atomic mass is 28.4. The predicted molar refractivity (Wildman–Crippen MR) is 64.9 cm³/mol. The molecular formula is C11H25NO2Si. The molecule has 0 aromatic heterocycles. The van der Waals surface area contributed by atoms with Crippen molar-refractivity contribution in [2.24, 2.45) is 0 Å². The Hall–Kier alpha value is 0.0969. The molecule has 0 bridgehead atoms. The lowest BCUT2D eigenvalue weighted by atomic mass is 10.1. The standard InChI is InChI=1S/C11H25NO2Si/c1-11(2,3)12-15(13-4,14-5)10-8-6-7-9-10/h10,12H,6-9H2,1-5H3. The number of nitrogens with one attached hydrogen (secondary N) is 1. The Balaban J connectivity index is 2.76. The van der Waals surface area contributed by atoms with Crippen molar-refractivity contribution in [2.45, 2.75) is 57.5 Å². The van der Waals surface area contributed by atoms with Crippen molar-refractivity contribution in [3.63, 3.8) is 0 Å². The second-order valence-electron chi connectivity index (χ2n) is 5.43. The highest BCUT2D eigenvalue weighted by molar-refractivity contribution is 6.66. The fourth-order valence-electron chi connectivity index (χ4n) is 2.45. The van der Waals surface area contributed by atoms with Crippen LogP contribution >= 0.6 is 0 Å². The van der Waals surface area contributed by atoms with E-state index in [9.17, 15) is 0 Å². The van der Waals surface area contributed by atoms with E-state index in [1.165, 1.54) is 25.7 Å². The molecule has 1 aliphatic rings. The summed E-state index contributed by atoms with van der Waals surface area (Å²) in [6.07, 6.45) is 5.13. The van der Waals surface area contributed by atoms with Crippen LogP contribution in [0.15, 0.2) is 0 Å². The zero-order chi connectivity index (χ0) is 11.5. The van der Waals surface area contributed by atoms with Gasteiger partial charge in [-0.1, -0.05) is 12.8 Å². The number of hydrogen-bond donors (Lipinski definition) is 1. The molecule has 1 saturated carbocycles. The SMILES string of the molecule is CO[Si](NC(C)(C)C)(OC)C1CCCC1. The summed E-state index contributed by atoms with van der Waals surface area (Å²) >= 11 is 0. The molecule has 3 nitrogen and oxygen atoms in total. The predicted octanol–water partition coefficient (Wildman–Crippen LogP) is 2.55. The van der Waals surface area contributed by atoms with Crippen molar-refractivity contribution in [1.82, 2.24) is 4.98 Å². The van der Waals surface area contributed by atoms with Gasteiger partial charge in [-0.3, -0.25) is 4.98 Å². The summed E-state index contributed by atoms with van der Waals surface area (Å²) in [5, 5.41) is 0. The summed E-state index contributed by atoms with van der Waals surface area (Å²) in [7, 11) is 1.37. The lowest BCUT2D eigenvalue weighted by molar-refractivity contribution is 0.199. The van der Waals surface area contributed by atoms with E-state index in [0.717, 1.165) is 0 Å². The fourth-order valence-corrected chi connectivity index (χ4v) is 5.90. The molecular weight excluding hydrogens is 206 g/mol. The van der Waals surface area contributed by atoms with Gasteiger partial charge >= 0.3 is 8.72 Å². The van der Waals surface area contributed by atoms with Crippen molar-refractivity contribution in [3.05, 3.63) is 0 Å². The number of hydrogen-bond acceptors (Lipinski definition) is 3. The molecule has 0 aromatic carbocycles. The number of rotatable bonds is 4. The largest absolute Gasteiger partial charge is 0.428 e. The minimum absolute atomic E-state index is 0.0564. The Morgan fingerprint density at radius 1 is 1.07 bits per heavy atom. The molecule has 0 aromatic rings. The van der Waals surface area contributed by atoms with Crippen LogP contribution in [0.4, 0.5) is 0 Å². The Labute approximate surface area is 94.9 Å². The van der Waals surface area contributed by atoms with Crippen LogP contribution in [0, 0.1) is 0 Å². The van der Waals surface area contributed by atoms with E-state index in [1.807, 2.05) is 0 Å². The van der Waals surface area contributed by atoms with Crippen LogP contribution in [0.5, 0.6) is 0 Å². The van der Waals surface area contributed by atoms with E-state index in [4.69, 9.17) is 8.85 Å². The smallest absolute Gasteiger partial charge is 0.386 e. The van der Waals surface area contributed by atoms with E-state index >= 15 is 0 Å². The van der Waals surface area contributed by atoms with Gasteiger partial charge in [0.2, 0.25) is 0 Å². The molecule has 15 heavy (non-hydrogen) atoms. The summed E-state index contributed by atoms with van der Waals surface area (Å²) < 4.78 is 11.5. The van der Waals surface area contributed by atoms with Crippen LogP contribution in [0.2, 0.25) is 5.54 Å². The third-order valence-electron chi connectivity index (χ3n) is 3.05. The summed E-state index contributed by atoms with van der Waals surface area (Å²) in [5.41, 5.74) is 0.660. The lowest BCUT2D eigenvalue weighted by Gasteiger charge is -2.38. The Kier molecular flexibility index (Phi) is 4.35. The van der Waals surface area contributed by atoms with Crippen molar-refractivity contribution in [1.29, 1.82) is 0 Å². The fraction of sp³-hybridized carbons (Fsp3) is 1.00. The molecule has 0 atom stereocenters. The molecule has 0 spiro atoms. The van der Waals surface area contributed by atoms with E-state index in [-0.39, 0.29) is 5.54 Å². The van der Waals surface area contributed by atoms with E-state index in [2.05, 4.69) is 25.8 Å². The normalized spacial score (nSPS) is 19.8. The molecule has 0 unspecified atom stereocenters. The second kappa shape index (κ2) is 4.95. The van der Waals surface area contributed by atoms with Gasteiger partial charge in [-0.05, 0) is 33.6 Å². The van der Waals surface area contributed by atoms with E-state index in [0.29, 0.717) is 5.54 Å². The molecule has 1 aliphatic carbocycles. The topological polar surface area (TPSA) is 30.5 Å². The maximum Gasteiger partial charge on any atom is 0.428 e. The zero-order valence-corrected chi connectivity index (χ0v) is 11.7. The molecule has 0 aliphatic heterocycles. The van der Waals surface area contributed by atoms with Gasteiger partial charge in [0.1, 0.15) is 0 Å². The lowest BCUT2D eigenvalue weighted by Crippen LogP contribution is -2.63. The van der Waals surface area contributed by atoms with Gasteiger partial charge in [-0.15, -0.1) is 0 Å². The van der Waals surface area contributed by atoms with Gasteiger partial charge in [-0.25, -0.2) is 0 Å². The van der Waals surface area contributed by atoms with Crippen molar-refractivity contribution < 1.29 is 8.85 Å². The third kappa shape index (κ3) is 3.28. The van der Waals surface area contributed by atoms with Crippen molar-refractivity contribution in [2.75, 3.05) is 14.2 Å². The summed E-state index contributed by atoms with van der Waals surface area (Å²) in [6, 6.07) is 0. The van der Waals surface area contributed by atoms with Crippen LogP contribution in [0.3, 0.4) is 0 Å².